The highest BCUT2D eigenvalue weighted by atomic mass is 79.9. The third kappa shape index (κ3) is 4.57. The number of aromatic nitrogens is 2. The quantitative estimate of drug-likeness (QED) is 0.257. The molecule has 0 atom stereocenters. The summed E-state index contributed by atoms with van der Waals surface area (Å²) < 4.78 is 72.6. The Hall–Kier alpha value is -3.32. The van der Waals surface area contributed by atoms with Gasteiger partial charge < -0.3 is 14.7 Å². The van der Waals surface area contributed by atoms with Gasteiger partial charge in [-0.25, -0.2) is 4.98 Å². The summed E-state index contributed by atoms with van der Waals surface area (Å²) in [4.78, 5) is 17.1. The van der Waals surface area contributed by atoms with Crippen molar-refractivity contribution in [2.45, 2.75) is 44.2 Å². The van der Waals surface area contributed by atoms with Gasteiger partial charge in [0.25, 0.3) is 5.91 Å². The van der Waals surface area contributed by atoms with Crippen molar-refractivity contribution in [3.63, 3.8) is 0 Å². The highest BCUT2D eigenvalue weighted by Gasteiger charge is 2.46. The lowest BCUT2D eigenvalue weighted by Gasteiger charge is -2.13. The van der Waals surface area contributed by atoms with Crippen molar-refractivity contribution >= 4 is 48.5 Å². The molecule has 0 radical (unpaired) electrons. The molecule has 2 aromatic heterocycles. The number of halogens is 4. The second-order valence-electron chi connectivity index (χ2n) is 8.97. The molecule has 2 aromatic carbocycles. The first kappa shape index (κ1) is 26.3. The van der Waals surface area contributed by atoms with Crippen LogP contribution in [0.15, 0.2) is 51.4 Å². The van der Waals surface area contributed by atoms with Crippen LogP contribution in [0.4, 0.5) is 18.9 Å². The molecule has 200 valence electrons. The van der Waals surface area contributed by atoms with Crippen LogP contribution in [-0.4, -0.2) is 29.4 Å². The first-order valence-electron chi connectivity index (χ1n) is 11.7. The predicted molar refractivity (Wildman–Crippen MR) is 139 cm³/mol. The topological polar surface area (TPSA) is 120 Å². The molecule has 4 aromatic rings. The third-order valence-corrected chi connectivity index (χ3v) is 8.23. The number of furan rings is 1. The average molecular weight is 611 g/mol. The number of carbonyl (C=O) groups excluding carboxylic acids is 1. The summed E-state index contributed by atoms with van der Waals surface area (Å²) in [6.07, 6.45) is 2.47. The van der Waals surface area contributed by atoms with E-state index < -0.39 is 21.4 Å². The fourth-order valence-corrected chi connectivity index (χ4v) is 5.82. The summed E-state index contributed by atoms with van der Waals surface area (Å²) in [6, 6.07) is 10.9. The SMILES string of the molecule is CCc1nc(C2CC2)c(C(N)=O)n1Cc1cccc2oc(-c3ccccc3NS(=O)(=O)C(F)(F)F)c(Br)c12. The van der Waals surface area contributed by atoms with Crippen LogP contribution in [0.1, 0.15) is 53.3 Å². The number of alkyl halides is 3. The maximum atomic E-state index is 13.0. The minimum Gasteiger partial charge on any atom is -0.455 e. The van der Waals surface area contributed by atoms with E-state index in [2.05, 4.69) is 15.9 Å². The number of nitrogens with one attached hydrogen (secondary N) is 1. The molecule has 1 fully saturated rings. The van der Waals surface area contributed by atoms with Crippen LogP contribution in [0.25, 0.3) is 22.3 Å². The van der Waals surface area contributed by atoms with E-state index in [4.69, 9.17) is 15.1 Å². The zero-order valence-electron chi connectivity index (χ0n) is 20.0. The second kappa shape index (κ2) is 9.45. The molecule has 0 spiro atoms. The molecule has 3 N–H and O–H groups in total. The molecule has 1 amide bonds. The van der Waals surface area contributed by atoms with Gasteiger partial charge in [-0.05, 0) is 52.5 Å². The number of para-hydroxylation sites is 1. The molecule has 0 aliphatic heterocycles. The molecule has 5 rings (SSSR count). The van der Waals surface area contributed by atoms with Crippen LogP contribution in [0.2, 0.25) is 0 Å². The number of rotatable bonds is 8. The van der Waals surface area contributed by atoms with Crippen molar-refractivity contribution in [1.82, 2.24) is 9.55 Å². The van der Waals surface area contributed by atoms with Crippen molar-refractivity contribution < 1.29 is 30.8 Å². The number of primary amides is 1. The molecule has 0 unspecified atom stereocenters. The van der Waals surface area contributed by atoms with E-state index in [1.807, 2.05) is 13.0 Å². The van der Waals surface area contributed by atoms with E-state index >= 15 is 0 Å². The van der Waals surface area contributed by atoms with Crippen LogP contribution in [-0.2, 0) is 23.0 Å². The van der Waals surface area contributed by atoms with Gasteiger partial charge in [0.05, 0.1) is 22.4 Å². The van der Waals surface area contributed by atoms with E-state index in [0.717, 1.165) is 18.4 Å². The molecule has 2 heterocycles. The Kier molecular flexibility index (Phi) is 6.54. The fourth-order valence-electron chi connectivity index (χ4n) is 4.49. The van der Waals surface area contributed by atoms with Crippen LogP contribution in [0.5, 0.6) is 0 Å². The van der Waals surface area contributed by atoms with E-state index in [9.17, 15) is 26.4 Å². The maximum Gasteiger partial charge on any atom is 0.516 e. The van der Waals surface area contributed by atoms with Crippen molar-refractivity contribution in [2.24, 2.45) is 5.73 Å². The lowest BCUT2D eigenvalue weighted by molar-refractivity contribution is -0.0429. The summed E-state index contributed by atoms with van der Waals surface area (Å²) in [5.41, 5.74) is 2.33. The van der Waals surface area contributed by atoms with Crippen LogP contribution in [0.3, 0.4) is 0 Å². The zero-order valence-corrected chi connectivity index (χ0v) is 22.4. The Balaban J connectivity index is 1.62. The number of anilines is 1. The number of hydrogen-bond acceptors (Lipinski definition) is 5. The number of amides is 1. The molecule has 1 saturated carbocycles. The highest BCUT2D eigenvalue weighted by molar-refractivity contribution is 9.10. The number of benzene rings is 2. The Morgan fingerprint density at radius 2 is 1.92 bits per heavy atom. The minimum absolute atomic E-state index is 0.111. The van der Waals surface area contributed by atoms with Crippen LogP contribution < -0.4 is 10.5 Å². The predicted octanol–water partition coefficient (Wildman–Crippen LogP) is 5.91. The fraction of sp³-hybridized carbons (Fsp3) is 0.280. The molecule has 13 heteroatoms. The van der Waals surface area contributed by atoms with E-state index in [-0.39, 0.29) is 29.5 Å². The van der Waals surface area contributed by atoms with Crippen LogP contribution >= 0.6 is 15.9 Å². The van der Waals surface area contributed by atoms with Gasteiger partial charge in [-0.15, -0.1) is 0 Å². The first-order valence-corrected chi connectivity index (χ1v) is 14.0. The van der Waals surface area contributed by atoms with Gasteiger partial charge in [0.2, 0.25) is 0 Å². The second-order valence-corrected chi connectivity index (χ2v) is 11.4. The molecule has 1 aliphatic carbocycles. The minimum atomic E-state index is -5.65. The number of imidazole rings is 1. The lowest BCUT2D eigenvalue weighted by Crippen LogP contribution is -2.30. The monoisotopic (exact) mass is 610 g/mol. The largest absolute Gasteiger partial charge is 0.516 e. The number of nitrogens with zero attached hydrogens (tertiary/aromatic N) is 2. The Bertz CT molecular complexity index is 1670. The summed E-state index contributed by atoms with van der Waals surface area (Å²) in [5, 5.41) is 0.620. The van der Waals surface area contributed by atoms with Crippen molar-refractivity contribution in [3.05, 3.63) is 69.7 Å². The van der Waals surface area contributed by atoms with Crippen molar-refractivity contribution in [2.75, 3.05) is 4.72 Å². The van der Waals surface area contributed by atoms with Gasteiger partial charge >= 0.3 is 15.5 Å². The summed E-state index contributed by atoms with van der Waals surface area (Å²) in [7, 11) is -5.65. The van der Waals surface area contributed by atoms with E-state index in [1.54, 1.807) is 27.5 Å². The lowest BCUT2D eigenvalue weighted by atomic mass is 10.1. The number of hydrogen-bond donors (Lipinski definition) is 2. The van der Waals surface area contributed by atoms with Crippen LogP contribution in [0, 0.1) is 0 Å². The third-order valence-electron chi connectivity index (χ3n) is 6.38. The Morgan fingerprint density at radius 3 is 2.55 bits per heavy atom. The van der Waals surface area contributed by atoms with Gasteiger partial charge in [0.1, 0.15) is 17.1 Å². The average Bonchev–Trinajstić information content (AvgIpc) is 3.55. The Morgan fingerprint density at radius 1 is 1.21 bits per heavy atom. The summed E-state index contributed by atoms with van der Waals surface area (Å²) >= 11 is 3.52. The van der Waals surface area contributed by atoms with Gasteiger partial charge in [-0.2, -0.15) is 21.6 Å². The molecule has 0 saturated heterocycles. The number of fused-ring (bicyclic) bond motifs is 1. The molecule has 0 bridgehead atoms. The van der Waals surface area contributed by atoms with Gasteiger partial charge in [0.15, 0.2) is 5.76 Å². The van der Waals surface area contributed by atoms with Crippen molar-refractivity contribution in [3.8, 4) is 11.3 Å². The molecule has 38 heavy (non-hydrogen) atoms. The number of aryl methyl sites for hydroxylation is 1. The number of carbonyl (C=O) groups is 1. The highest BCUT2D eigenvalue weighted by Crippen LogP contribution is 2.44. The maximum absolute atomic E-state index is 13.0. The molecular formula is C25H22BrF3N4O4S. The molecular weight excluding hydrogens is 589 g/mol. The zero-order chi connectivity index (χ0) is 27.4. The summed E-state index contributed by atoms with van der Waals surface area (Å²) in [5.74, 6) is 0.501. The smallest absolute Gasteiger partial charge is 0.455 e. The normalized spacial score (nSPS) is 14.2. The van der Waals surface area contributed by atoms with Gasteiger partial charge in [-0.3, -0.25) is 9.52 Å². The molecule has 1 aliphatic rings. The molecule has 8 nitrogen and oxygen atoms in total. The van der Waals surface area contributed by atoms with E-state index in [1.165, 1.54) is 18.2 Å². The van der Waals surface area contributed by atoms with Gasteiger partial charge in [0, 0.05) is 23.3 Å². The van der Waals surface area contributed by atoms with Crippen molar-refractivity contribution in [1.29, 1.82) is 0 Å². The summed E-state index contributed by atoms with van der Waals surface area (Å²) in [6.45, 7) is 2.18. The number of nitrogens with two attached hydrogens (primary N) is 1. The standard InChI is InChI=1S/C25H22BrF3N4O4S/c1-2-18-31-21(13-10-11-13)22(24(30)34)33(18)12-14-6-5-9-17-19(14)20(26)23(37-17)15-7-3-4-8-16(15)32-38(35,36)25(27,28)29/h3-9,13,32H,2,10-12H2,1H3,(H2,30,34). The van der Waals surface area contributed by atoms with E-state index in [0.29, 0.717) is 39.1 Å². The number of sulfonamides is 1. The Labute approximate surface area is 224 Å². The van der Waals surface area contributed by atoms with Gasteiger partial charge in [-0.1, -0.05) is 31.2 Å². The first-order chi connectivity index (χ1) is 17.9.